The Hall–Kier alpha value is -3.50. The maximum absolute atomic E-state index is 12.5. The van der Waals surface area contributed by atoms with E-state index in [1.165, 1.54) is 24.5 Å². The highest BCUT2D eigenvalue weighted by atomic mass is 32.2. The second-order valence-electron chi connectivity index (χ2n) is 6.16. The lowest BCUT2D eigenvalue weighted by Crippen LogP contribution is -2.26. The number of furan rings is 1. The Morgan fingerprint density at radius 3 is 2.76 bits per heavy atom. The molecular formula is C19H17N5O4S. The highest BCUT2D eigenvalue weighted by Crippen LogP contribution is 2.13. The van der Waals surface area contributed by atoms with Gasteiger partial charge in [0.15, 0.2) is 11.5 Å². The molecular weight excluding hydrogens is 394 g/mol. The Bertz CT molecular complexity index is 1250. The number of amides is 1. The number of nitrogens with one attached hydrogen (secondary N) is 2. The van der Waals surface area contributed by atoms with E-state index < -0.39 is 15.9 Å². The number of hydrogen-bond acceptors (Lipinski definition) is 6. The van der Waals surface area contributed by atoms with Crippen LogP contribution in [-0.4, -0.2) is 28.9 Å². The summed E-state index contributed by atoms with van der Waals surface area (Å²) in [7, 11) is -3.80. The zero-order valence-electron chi connectivity index (χ0n) is 15.1. The number of rotatable bonds is 7. The molecule has 4 rings (SSSR count). The molecule has 0 atom stereocenters. The molecule has 1 amide bonds. The third-order valence-electron chi connectivity index (χ3n) is 4.21. The van der Waals surface area contributed by atoms with Crippen molar-refractivity contribution < 1.29 is 17.6 Å². The smallest absolute Gasteiger partial charge is 0.251 e. The molecule has 0 aliphatic heterocycles. The van der Waals surface area contributed by atoms with Crippen molar-refractivity contribution in [2.75, 3.05) is 0 Å². The number of hydrogen-bond donors (Lipinski definition) is 2. The van der Waals surface area contributed by atoms with Gasteiger partial charge >= 0.3 is 0 Å². The van der Waals surface area contributed by atoms with Gasteiger partial charge in [0.2, 0.25) is 10.0 Å². The van der Waals surface area contributed by atoms with E-state index in [1.807, 2.05) is 18.2 Å². The van der Waals surface area contributed by atoms with Gasteiger partial charge < -0.3 is 9.73 Å². The molecule has 0 fully saturated rings. The summed E-state index contributed by atoms with van der Waals surface area (Å²) in [5, 5.41) is 10.8. The number of benzene rings is 1. The number of aromatic nitrogens is 3. The van der Waals surface area contributed by atoms with Gasteiger partial charge in [-0.2, -0.15) is 0 Å². The molecule has 0 aliphatic carbocycles. The van der Waals surface area contributed by atoms with Crippen molar-refractivity contribution in [2.45, 2.75) is 18.0 Å². The molecule has 0 aliphatic rings. The monoisotopic (exact) mass is 411 g/mol. The third kappa shape index (κ3) is 4.18. The fraction of sp³-hybridized carbons (Fsp3) is 0.105. The second kappa shape index (κ2) is 7.86. The highest BCUT2D eigenvalue weighted by Gasteiger charge is 2.17. The van der Waals surface area contributed by atoms with Gasteiger partial charge in [0.25, 0.3) is 5.91 Å². The number of carbonyl (C=O) groups excluding carboxylic acids is 1. The van der Waals surface area contributed by atoms with Crippen molar-refractivity contribution in [2.24, 2.45) is 0 Å². The fourth-order valence-electron chi connectivity index (χ4n) is 2.74. The molecule has 148 valence electrons. The average molecular weight is 411 g/mol. The summed E-state index contributed by atoms with van der Waals surface area (Å²) in [6.07, 6.45) is 3.27. The first-order chi connectivity index (χ1) is 14.0. The summed E-state index contributed by atoms with van der Waals surface area (Å²) >= 11 is 0. The lowest BCUT2D eigenvalue weighted by molar-refractivity contribution is 0.0949. The number of nitrogens with zero attached hydrogens (tertiary/aromatic N) is 3. The molecule has 2 N–H and O–H groups in total. The first-order valence-corrected chi connectivity index (χ1v) is 10.2. The summed E-state index contributed by atoms with van der Waals surface area (Å²) in [5.74, 6) is 0.640. The summed E-state index contributed by atoms with van der Waals surface area (Å²) in [5.41, 5.74) is 0.896. The molecule has 0 saturated heterocycles. The van der Waals surface area contributed by atoms with Crippen LogP contribution in [0.2, 0.25) is 0 Å². The van der Waals surface area contributed by atoms with Crippen LogP contribution < -0.4 is 10.0 Å². The van der Waals surface area contributed by atoms with E-state index in [9.17, 15) is 13.2 Å². The highest BCUT2D eigenvalue weighted by molar-refractivity contribution is 7.89. The van der Waals surface area contributed by atoms with E-state index in [-0.39, 0.29) is 23.5 Å². The number of carbonyl (C=O) groups is 1. The minimum atomic E-state index is -3.80. The summed E-state index contributed by atoms with van der Waals surface area (Å²) in [6.45, 7) is 0.170. The van der Waals surface area contributed by atoms with Crippen LogP contribution in [0.5, 0.6) is 0 Å². The van der Waals surface area contributed by atoms with Crippen molar-refractivity contribution >= 4 is 21.6 Å². The molecule has 0 spiro atoms. The molecule has 10 heteroatoms. The minimum Gasteiger partial charge on any atom is -0.468 e. The zero-order chi connectivity index (χ0) is 20.3. The van der Waals surface area contributed by atoms with Gasteiger partial charge in [0.1, 0.15) is 5.76 Å². The van der Waals surface area contributed by atoms with E-state index >= 15 is 0 Å². The van der Waals surface area contributed by atoms with Crippen molar-refractivity contribution in [1.29, 1.82) is 0 Å². The molecule has 1 aromatic carbocycles. The molecule has 0 radical (unpaired) electrons. The average Bonchev–Trinajstić information content (AvgIpc) is 3.40. The Morgan fingerprint density at radius 2 is 1.93 bits per heavy atom. The summed E-state index contributed by atoms with van der Waals surface area (Å²) in [6, 6.07) is 14.6. The number of fused-ring (bicyclic) bond motifs is 1. The maximum atomic E-state index is 12.5. The second-order valence-corrected chi connectivity index (χ2v) is 7.93. The largest absolute Gasteiger partial charge is 0.468 e. The van der Waals surface area contributed by atoms with E-state index in [4.69, 9.17) is 4.42 Å². The molecule has 4 aromatic rings. The molecule has 0 saturated carbocycles. The molecule has 0 unspecified atom stereocenters. The standard InChI is InChI=1S/C19H17N5O4S/c25-19(20-13-18-23-22-17-8-1-2-9-24(17)18)14-5-3-7-16(11-14)29(26,27)21-12-15-6-4-10-28-15/h1-11,21H,12-13H2,(H,20,25). The van der Waals surface area contributed by atoms with Gasteiger partial charge in [-0.05, 0) is 42.5 Å². The third-order valence-corrected chi connectivity index (χ3v) is 5.61. The van der Waals surface area contributed by atoms with Gasteiger partial charge in [-0.3, -0.25) is 9.20 Å². The van der Waals surface area contributed by atoms with Crippen LogP contribution in [-0.2, 0) is 23.1 Å². The van der Waals surface area contributed by atoms with Gasteiger partial charge in [0, 0.05) is 11.8 Å². The Balaban J connectivity index is 1.45. The molecule has 3 aromatic heterocycles. The molecule has 9 nitrogen and oxygen atoms in total. The minimum absolute atomic E-state index is 0.00960. The van der Waals surface area contributed by atoms with E-state index in [0.29, 0.717) is 17.2 Å². The first kappa shape index (κ1) is 18.8. The number of pyridine rings is 1. The lowest BCUT2D eigenvalue weighted by Gasteiger charge is -2.08. The van der Waals surface area contributed by atoms with E-state index in [2.05, 4.69) is 20.2 Å². The lowest BCUT2D eigenvalue weighted by atomic mass is 10.2. The summed E-state index contributed by atoms with van der Waals surface area (Å²) in [4.78, 5) is 12.5. The Labute approximate surface area is 166 Å². The van der Waals surface area contributed by atoms with Crippen LogP contribution in [0.25, 0.3) is 5.65 Å². The normalized spacial score (nSPS) is 11.6. The van der Waals surface area contributed by atoms with E-state index in [1.54, 1.807) is 28.8 Å². The number of sulfonamides is 1. The van der Waals surface area contributed by atoms with Crippen LogP contribution in [0.4, 0.5) is 0 Å². The van der Waals surface area contributed by atoms with Crippen LogP contribution in [0, 0.1) is 0 Å². The molecule has 0 bridgehead atoms. The van der Waals surface area contributed by atoms with Crippen LogP contribution in [0.1, 0.15) is 21.9 Å². The predicted octanol–water partition coefficient (Wildman–Crippen LogP) is 1.73. The SMILES string of the molecule is O=C(NCc1nnc2ccccn12)c1cccc(S(=O)(=O)NCc2ccco2)c1. The zero-order valence-corrected chi connectivity index (χ0v) is 16.0. The van der Waals surface area contributed by atoms with Crippen molar-refractivity contribution in [3.05, 3.63) is 84.2 Å². The van der Waals surface area contributed by atoms with Crippen molar-refractivity contribution in [1.82, 2.24) is 24.6 Å². The molecule has 29 heavy (non-hydrogen) atoms. The first-order valence-electron chi connectivity index (χ1n) is 8.72. The van der Waals surface area contributed by atoms with E-state index in [0.717, 1.165) is 0 Å². The fourth-order valence-corrected chi connectivity index (χ4v) is 3.78. The Morgan fingerprint density at radius 1 is 1.03 bits per heavy atom. The quantitative estimate of drug-likeness (QED) is 0.478. The van der Waals surface area contributed by atoms with Gasteiger partial charge in [-0.15, -0.1) is 10.2 Å². The van der Waals surface area contributed by atoms with Crippen molar-refractivity contribution in [3.63, 3.8) is 0 Å². The van der Waals surface area contributed by atoms with Gasteiger partial charge in [-0.1, -0.05) is 12.1 Å². The summed E-state index contributed by atoms with van der Waals surface area (Å²) < 4.78 is 34.3. The van der Waals surface area contributed by atoms with Crippen LogP contribution >= 0.6 is 0 Å². The molecule has 3 heterocycles. The van der Waals surface area contributed by atoms with Gasteiger partial charge in [-0.25, -0.2) is 13.1 Å². The van der Waals surface area contributed by atoms with Crippen molar-refractivity contribution in [3.8, 4) is 0 Å². The van der Waals surface area contributed by atoms with Crippen LogP contribution in [0.15, 0.2) is 76.4 Å². The topological polar surface area (TPSA) is 119 Å². The van der Waals surface area contributed by atoms with Crippen LogP contribution in [0.3, 0.4) is 0 Å². The maximum Gasteiger partial charge on any atom is 0.251 e. The predicted molar refractivity (Wildman–Crippen MR) is 103 cm³/mol. The Kier molecular flexibility index (Phi) is 5.10. The van der Waals surface area contributed by atoms with Gasteiger partial charge in [0.05, 0.1) is 24.2 Å².